The van der Waals surface area contributed by atoms with E-state index in [2.05, 4.69) is 4.98 Å². The molecule has 31 heavy (non-hydrogen) atoms. The number of carboxylic acid groups (broad SMARTS) is 1. The Morgan fingerprint density at radius 1 is 1.39 bits per heavy atom. The van der Waals surface area contributed by atoms with Crippen LogP contribution < -0.4 is 0 Å². The molecule has 4 rings (SSSR count). The molecule has 1 spiro atoms. The van der Waals surface area contributed by atoms with Gasteiger partial charge in [0, 0.05) is 38.5 Å². The number of halogens is 3. The van der Waals surface area contributed by atoms with Crippen molar-refractivity contribution in [1.29, 1.82) is 0 Å². The normalized spacial score (nSPS) is 27.0. The van der Waals surface area contributed by atoms with Gasteiger partial charge in [-0.2, -0.15) is 17.5 Å². The maximum Gasteiger partial charge on any atom is 0.490 e. The van der Waals surface area contributed by atoms with Gasteiger partial charge in [-0.05, 0) is 43.7 Å². The Morgan fingerprint density at radius 3 is 2.68 bits per heavy atom. The lowest BCUT2D eigenvalue weighted by Crippen LogP contribution is -2.50. The predicted octanol–water partition coefficient (Wildman–Crippen LogP) is 2.45. The number of piperidine rings is 1. The van der Waals surface area contributed by atoms with E-state index < -0.39 is 22.2 Å². The van der Waals surface area contributed by atoms with Crippen LogP contribution in [0.5, 0.6) is 0 Å². The van der Waals surface area contributed by atoms with Crippen molar-refractivity contribution in [2.24, 2.45) is 5.92 Å². The summed E-state index contributed by atoms with van der Waals surface area (Å²) >= 11 is 0. The fourth-order valence-electron chi connectivity index (χ4n) is 3.66. The Balaban J connectivity index is 0.000000339. The summed E-state index contributed by atoms with van der Waals surface area (Å²) in [7, 11) is -3.51. The van der Waals surface area contributed by atoms with Gasteiger partial charge in [0.05, 0.1) is 18.3 Å². The number of sulfonamides is 1. The summed E-state index contributed by atoms with van der Waals surface area (Å²) in [6, 6.07) is 3.25. The summed E-state index contributed by atoms with van der Waals surface area (Å²) in [5.74, 6) is -2.03. The maximum atomic E-state index is 12.8. The minimum absolute atomic E-state index is 0.103. The number of carboxylic acids is 1. The molecule has 2 saturated heterocycles. The minimum Gasteiger partial charge on any atom is -0.475 e. The highest BCUT2D eigenvalue weighted by Gasteiger charge is 2.47. The van der Waals surface area contributed by atoms with E-state index in [-0.39, 0.29) is 16.6 Å². The van der Waals surface area contributed by atoms with Crippen molar-refractivity contribution in [2.45, 2.75) is 54.9 Å². The topological polar surface area (TPSA) is 106 Å². The van der Waals surface area contributed by atoms with Crippen LogP contribution in [0, 0.1) is 5.92 Å². The molecule has 0 unspecified atom stereocenters. The molecule has 3 heterocycles. The van der Waals surface area contributed by atoms with Crippen LogP contribution >= 0.6 is 0 Å². The van der Waals surface area contributed by atoms with Gasteiger partial charge in [-0.15, -0.1) is 0 Å². The number of nitrogens with zero attached hydrogens (tertiary/aromatic N) is 2. The van der Waals surface area contributed by atoms with E-state index >= 15 is 0 Å². The average molecular weight is 466 g/mol. The van der Waals surface area contributed by atoms with Crippen LogP contribution in [0.15, 0.2) is 29.4 Å². The Morgan fingerprint density at radius 2 is 2.10 bits per heavy atom. The highest BCUT2D eigenvalue weighted by atomic mass is 32.2. The van der Waals surface area contributed by atoms with E-state index in [1.165, 1.54) is 19.0 Å². The highest BCUT2D eigenvalue weighted by Crippen LogP contribution is 2.38. The van der Waals surface area contributed by atoms with Crippen molar-refractivity contribution in [3.8, 4) is 0 Å². The van der Waals surface area contributed by atoms with Crippen molar-refractivity contribution in [3.63, 3.8) is 0 Å². The summed E-state index contributed by atoms with van der Waals surface area (Å²) in [6.07, 6.45) is 3.06. The number of hydrogen-bond acceptors (Lipinski definition) is 6. The van der Waals surface area contributed by atoms with E-state index in [0.717, 1.165) is 31.8 Å². The van der Waals surface area contributed by atoms with Crippen molar-refractivity contribution in [1.82, 2.24) is 9.29 Å². The summed E-state index contributed by atoms with van der Waals surface area (Å²) in [5.41, 5.74) is -0.387. The Labute approximate surface area is 178 Å². The number of rotatable bonds is 5. The molecule has 1 aromatic heterocycles. The quantitative estimate of drug-likeness (QED) is 0.711. The summed E-state index contributed by atoms with van der Waals surface area (Å²) in [6.45, 7) is 2.35. The first-order valence-electron chi connectivity index (χ1n) is 9.98. The average Bonchev–Trinajstić information content (AvgIpc) is 3.48. The first kappa shape index (κ1) is 23.9. The second-order valence-electron chi connectivity index (χ2n) is 8.03. The molecule has 12 heteroatoms. The summed E-state index contributed by atoms with van der Waals surface area (Å²) in [5, 5.41) is 7.12. The molecule has 0 bridgehead atoms. The Hall–Kier alpha value is -1.76. The van der Waals surface area contributed by atoms with Crippen molar-refractivity contribution >= 4 is 16.0 Å². The van der Waals surface area contributed by atoms with Crippen LogP contribution in [0.3, 0.4) is 0 Å². The first-order chi connectivity index (χ1) is 14.5. The zero-order valence-corrected chi connectivity index (χ0v) is 17.6. The van der Waals surface area contributed by atoms with E-state index in [1.54, 1.807) is 22.6 Å². The van der Waals surface area contributed by atoms with Crippen LogP contribution in [-0.2, 0) is 24.3 Å². The Kier molecular flexibility index (Phi) is 7.24. The molecule has 3 aliphatic rings. The predicted molar refractivity (Wildman–Crippen MR) is 102 cm³/mol. The molecule has 0 aromatic carbocycles. The smallest absolute Gasteiger partial charge is 0.475 e. The first-order valence-corrected chi connectivity index (χ1v) is 11.4. The molecule has 1 aromatic rings. The minimum atomic E-state index is -5.08. The van der Waals surface area contributed by atoms with Crippen LogP contribution in [0.2, 0.25) is 0 Å². The van der Waals surface area contributed by atoms with Gasteiger partial charge in [0.2, 0.25) is 10.0 Å². The lowest BCUT2D eigenvalue weighted by Gasteiger charge is -2.38. The van der Waals surface area contributed by atoms with Gasteiger partial charge in [-0.3, -0.25) is 4.98 Å². The highest BCUT2D eigenvalue weighted by molar-refractivity contribution is 7.89. The summed E-state index contributed by atoms with van der Waals surface area (Å²) in [4.78, 5) is 13.1. The van der Waals surface area contributed by atoms with E-state index in [4.69, 9.17) is 19.4 Å². The van der Waals surface area contributed by atoms with Crippen molar-refractivity contribution < 1.29 is 41.0 Å². The molecule has 1 saturated carbocycles. The SMILES string of the molecule is O=C(O)C(F)(F)F.O=S(=O)(c1cccnc1)N1CCC[C@]2(C[C@@H](OCC3CC3)CO2)C1. The number of carbonyl (C=O) groups is 1. The van der Waals surface area contributed by atoms with Crippen molar-refractivity contribution in [3.05, 3.63) is 24.5 Å². The van der Waals surface area contributed by atoms with Gasteiger partial charge in [0.1, 0.15) is 4.90 Å². The molecule has 3 fully saturated rings. The van der Waals surface area contributed by atoms with Crippen LogP contribution in [0.4, 0.5) is 13.2 Å². The summed E-state index contributed by atoms with van der Waals surface area (Å²) < 4.78 is 71.0. The van der Waals surface area contributed by atoms with Gasteiger partial charge < -0.3 is 14.6 Å². The monoisotopic (exact) mass is 466 g/mol. The van der Waals surface area contributed by atoms with Gasteiger partial charge in [-0.25, -0.2) is 13.2 Å². The number of hydrogen-bond donors (Lipinski definition) is 1. The lowest BCUT2D eigenvalue weighted by atomic mass is 9.90. The van der Waals surface area contributed by atoms with E-state index in [9.17, 15) is 21.6 Å². The maximum absolute atomic E-state index is 12.8. The molecular weight excluding hydrogens is 441 g/mol. The van der Waals surface area contributed by atoms with Crippen LogP contribution in [0.1, 0.15) is 32.1 Å². The lowest BCUT2D eigenvalue weighted by molar-refractivity contribution is -0.192. The van der Waals surface area contributed by atoms with Crippen LogP contribution in [0.25, 0.3) is 0 Å². The molecule has 1 aliphatic carbocycles. The fourth-order valence-corrected chi connectivity index (χ4v) is 5.18. The molecule has 2 aliphatic heterocycles. The molecular formula is C19H25F3N2O6S. The Bertz CT molecular complexity index is 863. The molecule has 0 radical (unpaired) electrons. The van der Waals surface area contributed by atoms with Gasteiger partial charge in [-0.1, -0.05) is 0 Å². The molecule has 8 nitrogen and oxygen atoms in total. The third-order valence-corrected chi connectivity index (χ3v) is 7.29. The standard InChI is InChI=1S/C17H24N2O4S.C2HF3O2/c20-24(21,16-3-1-7-18-10-16)19-8-2-6-17(13-19)9-15(12-23-17)22-11-14-4-5-14;3-2(4,5)1(6)7/h1,3,7,10,14-15H,2,4-6,8-9,11-13H2;(H,6,7)/t15-,17+;/m1./s1. The number of ether oxygens (including phenoxy) is 2. The van der Waals surface area contributed by atoms with Gasteiger partial charge in [0.25, 0.3) is 0 Å². The van der Waals surface area contributed by atoms with E-state index in [1.807, 2.05) is 0 Å². The zero-order chi connectivity index (χ0) is 22.7. The second-order valence-corrected chi connectivity index (χ2v) is 9.97. The zero-order valence-electron chi connectivity index (χ0n) is 16.8. The van der Waals surface area contributed by atoms with Crippen molar-refractivity contribution in [2.75, 3.05) is 26.3 Å². The van der Waals surface area contributed by atoms with E-state index in [0.29, 0.717) is 19.7 Å². The number of pyridine rings is 1. The van der Waals surface area contributed by atoms with Gasteiger partial charge in [0.15, 0.2) is 0 Å². The second kappa shape index (κ2) is 9.39. The molecule has 1 N–H and O–H groups in total. The molecule has 2 atom stereocenters. The number of aliphatic carboxylic acids is 1. The van der Waals surface area contributed by atoms with Crippen LogP contribution in [-0.4, -0.2) is 73.0 Å². The number of aromatic nitrogens is 1. The molecule has 0 amide bonds. The third kappa shape index (κ3) is 6.37. The fraction of sp³-hybridized carbons (Fsp3) is 0.684. The number of alkyl halides is 3. The third-order valence-electron chi connectivity index (χ3n) is 5.46. The van der Waals surface area contributed by atoms with Gasteiger partial charge >= 0.3 is 12.1 Å². The largest absolute Gasteiger partial charge is 0.490 e. The molecule has 174 valence electrons.